The topological polar surface area (TPSA) is 59.5 Å². The van der Waals surface area contributed by atoms with Crippen molar-refractivity contribution in [2.75, 3.05) is 31.6 Å². The molecule has 0 spiro atoms. The number of nitrogens with zero attached hydrogens (tertiary/aromatic N) is 3. The fraction of sp³-hybridized carbons (Fsp3) is 0.474. The molecule has 25 heavy (non-hydrogen) atoms. The smallest absolute Gasteiger partial charge is 0.161 e. The van der Waals surface area contributed by atoms with Gasteiger partial charge in [0, 0.05) is 30.9 Å². The third kappa shape index (κ3) is 4.02. The van der Waals surface area contributed by atoms with Gasteiger partial charge in [-0.1, -0.05) is 6.07 Å². The van der Waals surface area contributed by atoms with Gasteiger partial charge < -0.3 is 14.8 Å². The van der Waals surface area contributed by atoms with Gasteiger partial charge in [-0.25, -0.2) is 9.97 Å². The summed E-state index contributed by atoms with van der Waals surface area (Å²) in [7, 11) is 0. The Morgan fingerprint density at radius 2 is 2.04 bits per heavy atom. The van der Waals surface area contributed by atoms with Crippen LogP contribution in [0.5, 0.6) is 11.5 Å². The van der Waals surface area contributed by atoms with Crippen molar-refractivity contribution in [3.05, 3.63) is 41.9 Å². The predicted molar refractivity (Wildman–Crippen MR) is 96.1 cm³/mol. The lowest BCUT2D eigenvalue weighted by Crippen LogP contribution is -2.41. The number of hydrogen-bond acceptors (Lipinski definition) is 6. The molecule has 0 saturated carbocycles. The van der Waals surface area contributed by atoms with E-state index in [1.807, 2.05) is 19.1 Å². The van der Waals surface area contributed by atoms with Crippen molar-refractivity contribution in [1.29, 1.82) is 0 Å². The van der Waals surface area contributed by atoms with Gasteiger partial charge in [0.05, 0.1) is 0 Å². The third-order valence-electron chi connectivity index (χ3n) is 4.67. The van der Waals surface area contributed by atoms with E-state index >= 15 is 0 Å². The second-order valence-corrected chi connectivity index (χ2v) is 6.74. The molecule has 1 unspecified atom stereocenters. The quantitative estimate of drug-likeness (QED) is 0.923. The summed E-state index contributed by atoms with van der Waals surface area (Å²) in [6, 6.07) is 8.69. The molecule has 1 aromatic carbocycles. The molecule has 0 amide bonds. The van der Waals surface area contributed by atoms with Gasteiger partial charge in [0.1, 0.15) is 25.4 Å². The first-order valence-corrected chi connectivity index (χ1v) is 8.92. The van der Waals surface area contributed by atoms with E-state index in [0.717, 1.165) is 42.6 Å². The lowest BCUT2D eigenvalue weighted by atomic mass is 10.0. The van der Waals surface area contributed by atoms with Crippen LogP contribution in [0.4, 0.5) is 5.82 Å². The fourth-order valence-corrected chi connectivity index (χ4v) is 3.50. The van der Waals surface area contributed by atoms with Crippen molar-refractivity contribution >= 4 is 5.82 Å². The number of ether oxygens (including phenoxy) is 2. The van der Waals surface area contributed by atoms with Crippen molar-refractivity contribution in [3.63, 3.8) is 0 Å². The number of fused-ring (bicyclic) bond motifs is 1. The van der Waals surface area contributed by atoms with Crippen LogP contribution in [-0.4, -0.2) is 47.2 Å². The summed E-state index contributed by atoms with van der Waals surface area (Å²) in [5, 5.41) is 3.55. The van der Waals surface area contributed by atoms with Crippen LogP contribution in [0.25, 0.3) is 0 Å². The lowest BCUT2D eigenvalue weighted by Gasteiger charge is -2.33. The number of benzene rings is 1. The molecule has 4 rings (SSSR count). The Bertz CT molecular complexity index is 737. The Kier molecular flexibility index (Phi) is 4.70. The molecule has 0 bridgehead atoms. The maximum atomic E-state index is 5.69. The van der Waals surface area contributed by atoms with Crippen LogP contribution in [0, 0.1) is 6.92 Å². The monoisotopic (exact) mass is 340 g/mol. The van der Waals surface area contributed by atoms with Gasteiger partial charge in [0.2, 0.25) is 0 Å². The molecular weight excluding hydrogens is 316 g/mol. The Morgan fingerprint density at radius 3 is 2.92 bits per heavy atom. The van der Waals surface area contributed by atoms with Gasteiger partial charge in [-0.15, -0.1) is 0 Å². The van der Waals surface area contributed by atoms with Crippen LogP contribution in [0.3, 0.4) is 0 Å². The molecule has 6 nitrogen and oxygen atoms in total. The average Bonchev–Trinajstić information content (AvgIpc) is 2.62. The largest absolute Gasteiger partial charge is 0.486 e. The second kappa shape index (κ2) is 7.27. The number of aromatic nitrogens is 2. The van der Waals surface area contributed by atoms with E-state index < -0.39 is 0 Å². The van der Waals surface area contributed by atoms with Gasteiger partial charge in [-0.2, -0.15) is 0 Å². The molecule has 0 aliphatic carbocycles. The molecule has 2 aliphatic rings. The Labute approximate surface area is 148 Å². The normalized spacial score (nSPS) is 20.3. The van der Waals surface area contributed by atoms with Gasteiger partial charge >= 0.3 is 0 Å². The van der Waals surface area contributed by atoms with Crippen LogP contribution in [0.15, 0.2) is 30.6 Å². The first kappa shape index (κ1) is 16.1. The van der Waals surface area contributed by atoms with E-state index in [9.17, 15) is 0 Å². The van der Waals surface area contributed by atoms with Crippen LogP contribution in [0.2, 0.25) is 0 Å². The summed E-state index contributed by atoms with van der Waals surface area (Å²) in [4.78, 5) is 11.0. The van der Waals surface area contributed by atoms with E-state index in [1.54, 1.807) is 6.33 Å². The van der Waals surface area contributed by atoms with Gasteiger partial charge in [-0.05, 0) is 44.0 Å². The zero-order chi connectivity index (χ0) is 17.1. The van der Waals surface area contributed by atoms with Crippen molar-refractivity contribution in [3.8, 4) is 11.5 Å². The molecule has 3 heterocycles. The van der Waals surface area contributed by atoms with E-state index in [4.69, 9.17) is 9.47 Å². The molecule has 1 N–H and O–H groups in total. The third-order valence-corrected chi connectivity index (χ3v) is 4.67. The summed E-state index contributed by atoms with van der Waals surface area (Å²) in [6.07, 6.45) is 3.97. The van der Waals surface area contributed by atoms with Crippen LogP contribution >= 0.6 is 0 Å². The number of piperidine rings is 1. The van der Waals surface area contributed by atoms with Gasteiger partial charge in [-0.3, -0.25) is 4.90 Å². The van der Waals surface area contributed by atoms with Crippen molar-refractivity contribution in [2.45, 2.75) is 32.4 Å². The average molecular weight is 340 g/mol. The maximum Gasteiger partial charge on any atom is 0.161 e. The van der Waals surface area contributed by atoms with Crippen molar-refractivity contribution in [1.82, 2.24) is 14.9 Å². The number of likely N-dealkylation sites (tertiary alicyclic amines) is 1. The molecule has 2 aliphatic heterocycles. The minimum Gasteiger partial charge on any atom is -0.486 e. The van der Waals surface area contributed by atoms with Crippen LogP contribution < -0.4 is 14.8 Å². The molecule has 1 fully saturated rings. The van der Waals surface area contributed by atoms with Crippen molar-refractivity contribution < 1.29 is 9.47 Å². The number of rotatable bonds is 4. The SMILES string of the molecule is Cc1cc(NC2CCCN(Cc3ccc4c(c3)OCCO4)C2)ncn1. The fourth-order valence-electron chi connectivity index (χ4n) is 3.50. The molecule has 132 valence electrons. The lowest BCUT2D eigenvalue weighted by molar-refractivity contribution is 0.170. The zero-order valence-electron chi connectivity index (χ0n) is 14.6. The summed E-state index contributed by atoms with van der Waals surface area (Å²) in [5.74, 6) is 2.64. The Morgan fingerprint density at radius 1 is 1.16 bits per heavy atom. The highest BCUT2D eigenvalue weighted by molar-refractivity contribution is 5.43. The molecule has 1 aromatic heterocycles. The highest BCUT2D eigenvalue weighted by Gasteiger charge is 2.21. The first-order chi connectivity index (χ1) is 12.3. The summed E-state index contributed by atoms with van der Waals surface area (Å²) in [5.41, 5.74) is 2.25. The number of hydrogen-bond donors (Lipinski definition) is 1. The first-order valence-electron chi connectivity index (χ1n) is 8.92. The number of aryl methyl sites for hydroxylation is 1. The maximum absolute atomic E-state index is 5.69. The van der Waals surface area contributed by atoms with E-state index in [1.165, 1.54) is 18.4 Å². The standard InChI is InChI=1S/C19H24N4O2/c1-14-9-19(21-13-20-14)22-16-3-2-6-23(12-16)11-15-4-5-17-18(10-15)25-8-7-24-17/h4-5,9-10,13,16H,2-3,6-8,11-12H2,1H3,(H,20,21,22). The van der Waals surface area contributed by atoms with Gasteiger partial charge in [0.15, 0.2) is 11.5 Å². The minimum absolute atomic E-state index is 0.417. The summed E-state index contributed by atoms with van der Waals surface area (Å²) in [6.45, 7) is 6.31. The van der Waals surface area contributed by atoms with Crippen LogP contribution in [0.1, 0.15) is 24.1 Å². The molecular formula is C19H24N4O2. The minimum atomic E-state index is 0.417. The van der Waals surface area contributed by atoms with Crippen LogP contribution in [-0.2, 0) is 6.54 Å². The molecule has 0 radical (unpaired) electrons. The molecule has 6 heteroatoms. The van der Waals surface area contributed by atoms with Gasteiger partial charge in [0.25, 0.3) is 0 Å². The zero-order valence-corrected chi connectivity index (χ0v) is 14.6. The summed E-state index contributed by atoms with van der Waals surface area (Å²) >= 11 is 0. The second-order valence-electron chi connectivity index (χ2n) is 6.74. The molecule has 2 aromatic rings. The van der Waals surface area contributed by atoms with E-state index in [-0.39, 0.29) is 0 Å². The molecule has 1 saturated heterocycles. The number of nitrogens with one attached hydrogen (secondary N) is 1. The predicted octanol–water partition coefficient (Wildman–Crippen LogP) is 2.63. The Hall–Kier alpha value is -2.34. The highest BCUT2D eigenvalue weighted by Crippen LogP contribution is 2.31. The summed E-state index contributed by atoms with van der Waals surface area (Å²) < 4.78 is 11.3. The molecule has 1 atom stereocenters. The van der Waals surface area contributed by atoms with E-state index in [0.29, 0.717) is 19.3 Å². The Balaban J connectivity index is 1.38. The highest BCUT2D eigenvalue weighted by atomic mass is 16.6. The van der Waals surface area contributed by atoms with Crippen molar-refractivity contribution in [2.24, 2.45) is 0 Å². The van der Waals surface area contributed by atoms with E-state index in [2.05, 4.69) is 32.3 Å². The number of anilines is 1.